The van der Waals surface area contributed by atoms with Gasteiger partial charge in [0.25, 0.3) is 0 Å². The van der Waals surface area contributed by atoms with Gasteiger partial charge in [-0.2, -0.15) is 5.10 Å². The van der Waals surface area contributed by atoms with Crippen LogP contribution in [0.4, 0.5) is 13.6 Å². The molecule has 1 heterocycles. The van der Waals surface area contributed by atoms with Gasteiger partial charge in [-0.1, -0.05) is 6.07 Å². The molecule has 24 heavy (non-hydrogen) atoms. The Bertz CT molecular complexity index is 670. The van der Waals surface area contributed by atoms with Crippen molar-refractivity contribution in [3.8, 4) is 0 Å². The van der Waals surface area contributed by atoms with E-state index in [2.05, 4.69) is 15.7 Å². The van der Waals surface area contributed by atoms with Gasteiger partial charge in [0, 0.05) is 26.3 Å². The largest absolute Gasteiger partial charge is 0.386 e. The standard InChI is InChI=1S/C16H20F2N4O2/c1-22-10-11(8-21-22)4-3-7-19-16(24)20-9-14(23)15-12(17)5-2-6-13(15)18/h2,5-6,8,10,14,23H,3-4,7,9H2,1H3,(H2,19,20,24). The van der Waals surface area contributed by atoms with Crippen LogP contribution in [-0.4, -0.2) is 34.0 Å². The van der Waals surface area contributed by atoms with E-state index in [0.717, 1.165) is 30.5 Å². The third kappa shape index (κ3) is 5.02. The van der Waals surface area contributed by atoms with Crippen LogP contribution in [0.5, 0.6) is 0 Å². The van der Waals surface area contributed by atoms with Gasteiger partial charge < -0.3 is 15.7 Å². The first kappa shape index (κ1) is 17.9. The molecule has 0 aliphatic carbocycles. The van der Waals surface area contributed by atoms with Crippen LogP contribution in [0.2, 0.25) is 0 Å². The second-order valence-electron chi connectivity index (χ2n) is 5.41. The molecule has 3 N–H and O–H groups in total. The molecule has 130 valence electrons. The van der Waals surface area contributed by atoms with E-state index in [1.807, 2.05) is 13.2 Å². The molecule has 2 amide bonds. The highest BCUT2D eigenvalue weighted by Gasteiger charge is 2.18. The van der Waals surface area contributed by atoms with E-state index >= 15 is 0 Å². The van der Waals surface area contributed by atoms with E-state index in [9.17, 15) is 18.7 Å². The summed E-state index contributed by atoms with van der Waals surface area (Å²) < 4.78 is 28.7. The number of halogens is 2. The van der Waals surface area contributed by atoms with Gasteiger partial charge in [-0.3, -0.25) is 4.68 Å². The Labute approximate surface area is 138 Å². The molecule has 1 unspecified atom stereocenters. The van der Waals surface area contributed by atoms with Crippen LogP contribution in [0.25, 0.3) is 0 Å². The van der Waals surface area contributed by atoms with Crippen molar-refractivity contribution in [3.05, 3.63) is 53.4 Å². The number of aliphatic hydroxyl groups excluding tert-OH is 1. The molecule has 2 aromatic rings. The first-order valence-corrected chi connectivity index (χ1v) is 7.58. The lowest BCUT2D eigenvalue weighted by molar-refractivity contribution is 0.164. The Hall–Kier alpha value is -2.48. The van der Waals surface area contributed by atoms with Gasteiger partial charge in [0.2, 0.25) is 0 Å². The molecule has 0 bridgehead atoms. The van der Waals surface area contributed by atoms with Crippen LogP contribution in [0.3, 0.4) is 0 Å². The first-order chi connectivity index (χ1) is 11.5. The molecule has 1 aromatic heterocycles. The number of carbonyl (C=O) groups is 1. The summed E-state index contributed by atoms with van der Waals surface area (Å²) >= 11 is 0. The summed E-state index contributed by atoms with van der Waals surface area (Å²) in [4.78, 5) is 11.6. The van der Waals surface area contributed by atoms with Gasteiger partial charge in [-0.25, -0.2) is 13.6 Å². The number of nitrogens with one attached hydrogen (secondary N) is 2. The van der Waals surface area contributed by atoms with E-state index in [4.69, 9.17) is 0 Å². The SMILES string of the molecule is Cn1cc(CCCNC(=O)NCC(O)c2c(F)cccc2F)cn1. The lowest BCUT2D eigenvalue weighted by atomic mass is 10.1. The van der Waals surface area contributed by atoms with Crippen molar-refractivity contribution in [1.82, 2.24) is 20.4 Å². The molecule has 0 saturated carbocycles. The molecule has 2 rings (SSSR count). The number of urea groups is 1. The van der Waals surface area contributed by atoms with Crippen LogP contribution in [0.15, 0.2) is 30.6 Å². The van der Waals surface area contributed by atoms with Crippen LogP contribution in [0.1, 0.15) is 23.7 Å². The number of hydrogen-bond donors (Lipinski definition) is 3. The number of aryl methyl sites for hydroxylation is 2. The molecule has 1 aromatic carbocycles. The Morgan fingerprint density at radius 1 is 1.33 bits per heavy atom. The number of aliphatic hydroxyl groups is 1. The minimum Gasteiger partial charge on any atom is -0.386 e. The number of nitrogens with zero attached hydrogens (tertiary/aromatic N) is 2. The molecule has 0 aliphatic heterocycles. The predicted octanol–water partition coefficient (Wildman–Crippen LogP) is 1.66. The zero-order valence-corrected chi connectivity index (χ0v) is 13.3. The number of carbonyl (C=O) groups excluding carboxylic acids is 1. The second-order valence-corrected chi connectivity index (χ2v) is 5.41. The summed E-state index contributed by atoms with van der Waals surface area (Å²) in [6.07, 6.45) is 3.71. The maximum atomic E-state index is 13.5. The summed E-state index contributed by atoms with van der Waals surface area (Å²) in [5.74, 6) is -1.69. The van der Waals surface area contributed by atoms with Crippen molar-refractivity contribution in [2.24, 2.45) is 7.05 Å². The van der Waals surface area contributed by atoms with Crippen molar-refractivity contribution in [2.45, 2.75) is 18.9 Å². The molecule has 1 atom stereocenters. The normalized spacial score (nSPS) is 12.0. The monoisotopic (exact) mass is 338 g/mol. The van der Waals surface area contributed by atoms with Crippen LogP contribution >= 0.6 is 0 Å². The maximum Gasteiger partial charge on any atom is 0.314 e. The maximum absolute atomic E-state index is 13.5. The lowest BCUT2D eigenvalue weighted by Gasteiger charge is -2.14. The third-order valence-electron chi connectivity index (χ3n) is 3.48. The molecule has 8 heteroatoms. The summed E-state index contributed by atoms with van der Waals surface area (Å²) in [5.41, 5.74) is 0.625. The minimum absolute atomic E-state index is 0.285. The van der Waals surface area contributed by atoms with Gasteiger partial charge in [0.05, 0.1) is 11.8 Å². The van der Waals surface area contributed by atoms with Crippen molar-refractivity contribution >= 4 is 6.03 Å². The number of hydrogen-bond acceptors (Lipinski definition) is 3. The van der Waals surface area contributed by atoms with Crippen molar-refractivity contribution in [3.63, 3.8) is 0 Å². The summed E-state index contributed by atoms with van der Waals surface area (Å²) in [6, 6.07) is 2.82. The van der Waals surface area contributed by atoms with E-state index < -0.39 is 29.3 Å². The van der Waals surface area contributed by atoms with E-state index in [1.54, 1.807) is 10.9 Å². The predicted molar refractivity (Wildman–Crippen MR) is 84.2 cm³/mol. The molecule has 0 spiro atoms. The summed E-state index contributed by atoms with van der Waals surface area (Å²) in [7, 11) is 1.83. The first-order valence-electron chi connectivity index (χ1n) is 7.58. The van der Waals surface area contributed by atoms with Gasteiger partial charge >= 0.3 is 6.03 Å². The zero-order chi connectivity index (χ0) is 17.5. The minimum atomic E-state index is -1.45. The van der Waals surface area contributed by atoms with Gasteiger partial charge in [-0.05, 0) is 30.5 Å². The van der Waals surface area contributed by atoms with Crippen molar-refractivity contribution in [1.29, 1.82) is 0 Å². The quantitative estimate of drug-likeness (QED) is 0.672. The molecule has 0 aliphatic rings. The fourth-order valence-electron chi connectivity index (χ4n) is 2.28. The van der Waals surface area contributed by atoms with Gasteiger partial charge in [0.1, 0.15) is 17.7 Å². The average Bonchev–Trinajstić information content (AvgIpc) is 2.95. The highest BCUT2D eigenvalue weighted by Crippen LogP contribution is 2.19. The number of amides is 2. The smallest absolute Gasteiger partial charge is 0.314 e. The topological polar surface area (TPSA) is 79.2 Å². The Balaban J connectivity index is 1.69. The van der Waals surface area contributed by atoms with Gasteiger partial charge in [0.15, 0.2) is 0 Å². The highest BCUT2D eigenvalue weighted by atomic mass is 19.1. The van der Waals surface area contributed by atoms with Crippen LogP contribution in [-0.2, 0) is 13.5 Å². The van der Waals surface area contributed by atoms with Crippen LogP contribution < -0.4 is 10.6 Å². The highest BCUT2D eigenvalue weighted by molar-refractivity contribution is 5.73. The van der Waals surface area contributed by atoms with E-state index in [0.29, 0.717) is 6.54 Å². The Kier molecular flexibility index (Phi) is 6.25. The number of rotatable bonds is 7. The van der Waals surface area contributed by atoms with Gasteiger partial charge in [-0.15, -0.1) is 0 Å². The number of benzene rings is 1. The molecular formula is C16H20F2N4O2. The summed E-state index contributed by atoms with van der Waals surface area (Å²) in [6.45, 7) is 0.150. The Morgan fingerprint density at radius 2 is 2.04 bits per heavy atom. The zero-order valence-electron chi connectivity index (χ0n) is 13.3. The third-order valence-corrected chi connectivity index (χ3v) is 3.48. The average molecular weight is 338 g/mol. The fraction of sp³-hybridized carbons (Fsp3) is 0.375. The van der Waals surface area contributed by atoms with E-state index in [1.165, 1.54) is 6.07 Å². The fourth-order valence-corrected chi connectivity index (χ4v) is 2.28. The van der Waals surface area contributed by atoms with Crippen molar-refractivity contribution in [2.75, 3.05) is 13.1 Å². The van der Waals surface area contributed by atoms with E-state index in [-0.39, 0.29) is 6.54 Å². The number of aromatic nitrogens is 2. The van der Waals surface area contributed by atoms with Crippen molar-refractivity contribution < 1.29 is 18.7 Å². The molecule has 0 saturated heterocycles. The molecular weight excluding hydrogens is 318 g/mol. The Morgan fingerprint density at radius 3 is 2.67 bits per heavy atom. The van der Waals surface area contributed by atoms with Crippen LogP contribution in [0, 0.1) is 11.6 Å². The lowest BCUT2D eigenvalue weighted by Crippen LogP contribution is -2.38. The summed E-state index contributed by atoms with van der Waals surface area (Å²) in [5, 5.41) is 18.9. The second kappa shape index (κ2) is 8.39. The molecule has 0 radical (unpaired) electrons. The molecule has 6 nitrogen and oxygen atoms in total. The molecule has 0 fully saturated rings.